The van der Waals surface area contributed by atoms with Crippen LogP contribution >= 0.6 is 0 Å². The normalized spacial score (nSPS) is 11.3. The topological polar surface area (TPSA) is 3.88 Å². The van der Waals surface area contributed by atoms with E-state index in [0.717, 1.165) is 0 Å². The lowest BCUT2D eigenvalue weighted by Gasteiger charge is -2.11. The molecular formula is C27H50N+. The highest BCUT2D eigenvalue weighted by molar-refractivity contribution is 5.27. The number of aryl methyl sites for hydroxylation is 2. The van der Waals surface area contributed by atoms with Gasteiger partial charge in [0, 0.05) is 18.6 Å². The third-order valence-electron chi connectivity index (χ3n) is 6.43. The van der Waals surface area contributed by atoms with Gasteiger partial charge in [-0.15, -0.1) is 0 Å². The van der Waals surface area contributed by atoms with Crippen LogP contribution in [0, 0.1) is 6.92 Å². The molecule has 1 rings (SSSR count). The molecule has 0 atom stereocenters. The van der Waals surface area contributed by atoms with Gasteiger partial charge in [0.25, 0.3) is 0 Å². The third-order valence-corrected chi connectivity index (χ3v) is 6.43. The highest BCUT2D eigenvalue weighted by Crippen LogP contribution is 2.19. The molecular weight excluding hydrogens is 338 g/mol. The van der Waals surface area contributed by atoms with Crippen molar-refractivity contribution in [3.63, 3.8) is 0 Å². The van der Waals surface area contributed by atoms with Gasteiger partial charge >= 0.3 is 0 Å². The molecule has 0 aliphatic heterocycles. The molecule has 1 heterocycles. The summed E-state index contributed by atoms with van der Waals surface area (Å²) >= 11 is 0. The summed E-state index contributed by atoms with van der Waals surface area (Å²) in [6, 6.07) is 2.40. The van der Waals surface area contributed by atoms with E-state index in [2.05, 4.69) is 44.6 Å². The summed E-state index contributed by atoms with van der Waals surface area (Å²) in [7, 11) is 2.20. The van der Waals surface area contributed by atoms with Gasteiger partial charge < -0.3 is 0 Å². The second kappa shape index (κ2) is 17.0. The van der Waals surface area contributed by atoms with Gasteiger partial charge in [-0.2, -0.15) is 0 Å². The molecule has 0 saturated heterocycles. The Morgan fingerprint density at radius 1 is 0.607 bits per heavy atom. The van der Waals surface area contributed by atoms with Crippen LogP contribution in [0.5, 0.6) is 0 Å². The molecule has 1 nitrogen and oxygen atoms in total. The van der Waals surface area contributed by atoms with E-state index in [0.29, 0.717) is 0 Å². The molecule has 1 aromatic heterocycles. The summed E-state index contributed by atoms with van der Waals surface area (Å²) in [6.45, 7) is 6.91. The summed E-state index contributed by atoms with van der Waals surface area (Å²) in [6.07, 6.45) is 27.4. The second-order valence-corrected chi connectivity index (χ2v) is 8.97. The lowest BCUT2D eigenvalue weighted by Crippen LogP contribution is -2.33. The number of hydrogen-bond donors (Lipinski definition) is 0. The Balaban J connectivity index is 2.30. The van der Waals surface area contributed by atoms with Crippen molar-refractivity contribution >= 4 is 0 Å². The highest BCUT2D eigenvalue weighted by atomic mass is 14.9. The molecule has 0 aliphatic carbocycles. The molecule has 1 heteroatoms. The van der Waals surface area contributed by atoms with Crippen LogP contribution in [-0.2, 0) is 19.9 Å². The minimum atomic E-state index is 1.28. The van der Waals surface area contributed by atoms with Crippen molar-refractivity contribution in [1.82, 2.24) is 0 Å². The number of rotatable bonds is 18. The lowest BCUT2D eigenvalue weighted by atomic mass is 9.95. The van der Waals surface area contributed by atoms with E-state index >= 15 is 0 Å². The lowest BCUT2D eigenvalue weighted by molar-refractivity contribution is -0.678. The number of nitrogens with zero attached hydrogens (tertiary/aromatic N) is 1. The van der Waals surface area contributed by atoms with E-state index in [9.17, 15) is 0 Å². The van der Waals surface area contributed by atoms with Crippen LogP contribution in [0.15, 0.2) is 12.3 Å². The van der Waals surface area contributed by atoms with Gasteiger partial charge in [0.15, 0.2) is 11.9 Å². The van der Waals surface area contributed by atoms with Gasteiger partial charge in [-0.05, 0) is 31.2 Å². The van der Waals surface area contributed by atoms with E-state index in [1.807, 2.05) is 0 Å². The molecule has 0 fully saturated rings. The van der Waals surface area contributed by atoms with Crippen LogP contribution in [0.3, 0.4) is 0 Å². The predicted octanol–water partition coefficient (Wildman–Crippen LogP) is 8.19. The van der Waals surface area contributed by atoms with Crippen LogP contribution in [0.2, 0.25) is 0 Å². The van der Waals surface area contributed by atoms with Crippen LogP contribution in [0.4, 0.5) is 0 Å². The molecule has 0 aliphatic rings. The summed E-state index contributed by atoms with van der Waals surface area (Å²) in [5, 5.41) is 0. The predicted molar refractivity (Wildman–Crippen MR) is 125 cm³/mol. The Labute approximate surface area is 177 Å². The van der Waals surface area contributed by atoms with E-state index in [1.165, 1.54) is 121 Å². The Bertz CT molecular complexity index is 491. The molecule has 0 amide bonds. The number of pyridine rings is 1. The molecule has 28 heavy (non-hydrogen) atoms. The summed E-state index contributed by atoms with van der Waals surface area (Å²) in [5.74, 6) is 0. The number of aromatic nitrogens is 1. The average Bonchev–Trinajstić information content (AvgIpc) is 2.70. The minimum absolute atomic E-state index is 1.28. The minimum Gasteiger partial charge on any atom is -0.205 e. The van der Waals surface area contributed by atoms with Gasteiger partial charge in [-0.3, -0.25) is 0 Å². The standard InChI is InChI=1S/C27H50N/c1-5-7-9-11-13-15-17-19-21-26-23-24-28(4)25(3)27(26)22-20-18-16-14-12-10-8-6-2/h23-24H,5-22H2,1-4H3/q+1. The highest BCUT2D eigenvalue weighted by Gasteiger charge is 2.13. The fourth-order valence-electron chi connectivity index (χ4n) is 4.32. The molecule has 0 aromatic carbocycles. The number of hydrogen-bond acceptors (Lipinski definition) is 0. The maximum atomic E-state index is 2.40. The van der Waals surface area contributed by atoms with Crippen molar-refractivity contribution in [1.29, 1.82) is 0 Å². The molecule has 0 bridgehead atoms. The summed E-state index contributed by atoms with van der Waals surface area (Å²) in [4.78, 5) is 0. The van der Waals surface area contributed by atoms with Crippen molar-refractivity contribution in [3.8, 4) is 0 Å². The van der Waals surface area contributed by atoms with E-state index < -0.39 is 0 Å². The quantitative estimate of drug-likeness (QED) is 0.176. The maximum absolute atomic E-state index is 2.40. The van der Waals surface area contributed by atoms with Crippen LogP contribution < -0.4 is 4.57 Å². The summed E-state index contributed by atoms with van der Waals surface area (Å²) in [5.41, 5.74) is 4.77. The second-order valence-electron chi connectivity index (χ2n) is 8.97. The molecule has 0 unspecified atom stereocenters. The van der Waals surface area contributed by atoms with Crippen molar-refractivity contribution in [3.05, 3.63) is 29.1 Å². The summed E-state index contributed by atoms with van der Waals surface area (Å²) < 4.78 is 2.32. The Hall–Kier alpha value is -0.850. The smallest absolute Gasteiger partial charge is 0.181 e. The largest absolute Gasteiger partial charge is 0.205 e. The van der Waals surface area contributed by atoms with E-state index in [1.54, 1.807) is 11.1 Å². The Morgan fingerprint density at radius 3 is 1.54 bits per heavy atom. The van der Waals surface area contributed by atoms with Crippen LogP contribution in [-0.4, -0.2) is 0 Å². The first-order valence-electron chi connectivity index (χ1n) is 12.7. The van der Waals surface area contributed by atoms with Gasteiger partial charge in [0.2, 0.25) is 0 Å². The number of unbranched alkanes of at least 4 members (excludes halogenated alkanes) is 14. The van der Waals surface area contributed by atoms with Crippen LogP contribution in [0.25, 0.3) is 0 Å². The van der Waals surface area contributed by atoms with Crippen molar-refractivity contribution in [2.45, 2.75) is 136 Å². The SMILES string of the molecule is CCCCCCCCCCc1cc[n+](C)c(C)c1CCCCCCCCCC. The van der Waals surface area contributed by atoms with Gasteiger partial charge in [0.05, 0.1) is 0 Å². The van der Waals surface area contributed by atoms with Crippen molar-refractivity contribution in [2.75, 3.05) is 0 Å². The first-order valence-corrected chi connectivity index (χ1v) is 12.7. The Morgan fingerprint density at radius 2 is 1.04 bits per heavy atom. The van der Waals surface area contributed by atoms with Crippen molar-refractivity contribution < 1.29 is 4.57 Å². The molecule has 1 aromatic rings. The van der Waals surface area contributed by atoms with Crippen LogP contribution in [0.1, 0.15) is 133 Å². The van der Waals surface area contributed by atoms with E-state index in [4.69, 9.17) is 0 Å². The first kappa shape index (κ1) is 25.2. The fraction of sp³-hybridized carbons (Fsp3) is 0.815. The molecule has 0 saturated carbocycles. The van der Waals surface area contributed by atoms with Gasteiger partial charge in [0.1, 0.15) is 7.05 Å². The zero-order chi connectivity index (χ0) is 20.5. The van der Waals surface area contributed by atoms with Gasteiger partial charge in [-0.25, -0.2) is 4.57 Å². The van der Waals surface area contributed by atoms with Gasteiger partial charge in [-0.1, -0.05) is 104 Å². The molecule has 162 valence electrons. The molecule has 0 radical (unpaired) electrons. The maximum Gasteiger partial charge on any atom is 0.181 e. The average molecular weight is 389 g/mol. The monoisotopic (exact) mass is 388 g/mol. The molecule has 0 spiro atoms. The van der Waals surface area contributed by atoms with E-state index in [-0.39, 0.29) is 0 Å². The first-order chi connectivity index (χ1) is 13.7. The fourth-order valence-corrected chi connectivity index (χ4v) is 4.32. The molecule has 0 N–H and O–H groups in total. The zero-order valence-electron chi connectivity index (χ0n) is 19.8. The third kappa shape index (κ3) is 11.2. The Kier molecular flexibility index (Phi) is 15.3. The van der Waals surface area contributed by atoms with Crippen molar-refractivity contribution in [2.24, 2.45) is 7.05 Å². The zero-order valence-corrected chi connectivity index (χ0v) is 19.8.